The third-order valence-electron chi connectivity index (χ3n) is 15.3. The second kappa shape index (κ2) is 24.7. The molecule has 0 saturated heterocycles. The van der Waals surface area contributed by atoms with Crippen LogP contribution in [0.15, 0.2) is 24.3 Å². The Bertz CT molecular complexity index is 2960. The van der Waals surface area contributed by atoms with Crippen LogP contribution in [0, 0.1) is 17.8 Å². The standard InChI is InChI=1S/C45H28F50N4O2/c46-22(47,1-3-24(50,51)30(62,63)38(78,79)40(82,83)42(86,87)44(90,91)92)28(58,59)34(70,71)36(74,75)32(66,67)26(54,55)5-7-100-19-96-18(99-21-12-15-9-16(13-21)11-17(10-15)14-21)97-20(98-19)101-8-6-27(56,57)33(68,69)37(76,77)35(72,73)29(60,61)23(48,49)2-4-25(52,53)31(64,65)39(80,81)41(84,85)43(88,89)45(93,94)95/h1-4,15-17H,5-14H2,(H,96,97,98,99)/b3-1+,4-2+. The van der Waals surface area contributed by atoms with Crippen LogP contribution in [0.4, 0.5) is 225 Å². The first kappa shape index (κ1) is 87.8. The molecule has 0 aliphatic heterocycles. The molecular weight excluding hydrogens is 1580 g/mol. The summed E-state index contributed by atoms with van der Waals surface area (Å²) in [5, 5.41) is 2.44. The summed E-state index contributed by atoms with van der Waals surface area (Å²) in [7, 11) is 0. The molecule has 1 heterocycles. The summed E-state index contributed by atoms with van der Waals surface area (Å²) < 4.78 is 706. The van der Waals surface area contributed by atoms with Gasteiger partial charge in [-0.05, 0) is 80.6 Å². The van der Waals surface area contributed by atoms with Crippen LogP contribution in [0.1, 0.15) is 51.4 Å². The molecule has 0 amide bonds. The number of nitrogens with one attached hydrogen (secondary N) is 1. The predicted octanol–water partition coefficient (Wildman–Crippen LogP) is 20.0. The third-order valence-corrected chi connectivity index (χ3v) is 15.3. The summed E-state index contributed by atoms with van der Waals surface area (Å²) in [6.45, 7) is -5.43. The fraction of sp³-hybridized carbons (Fsp3) is 0.844. The number of alkyl halides is 50. The van der Waals surface area contributed by atoms with E-state index in [0.29, 0.717) is 19.3 Å². The lowest BCUT2D eigenvalue weighted by atomic mass is 9.53. The van der Waals surface area contributed by atoms with E-state index in [-0.39, 0.29) is 37.0 Å². The Hall–Kier alpha value is -5.61. The largest absolute Gasteiger partial charge is 0.463 e. The lowest BCUT2D eigenvalue weighted by Crippen LogP contribution is -2.70. The van der Waals surface area contributed by atoms with E-state index in [9.17, 15) is 220 Å². The van der Waals surface area contributed by atoms with Crippen molar-refractivity contribution in [2.24, 2.45) is 17.8 Å². The van der Waals surface area contributed by atoms with Gasteiger partial charge in [0.2, 0.25) is 5.95 Å². The highest BCUT2D eigenvalue weighted by Gasteiger charge is 2.95. The maximum Gasteiger partial charge on any atom is 0.460 e. The van der Waals surface area contributed by atoms with Crippen LogP contribution in [0.5, 0.6) is 12.0 Å². The van der Waals surface area contributed by atoms with Gasteiger partial charge in [-0.1, -0.05) is 0 Å². The highest BCUT2D eigenvalue weighted by Crippen LogP contribution is 2.67. The van der Waals surface area contributed by atoms with E-state index in [1.165, 1.54) is 0 Å². The SMILES string of the molecule is FC(F)(F)C(F)(F)C(F)(F)C(F)(F)C(F)(F)C(F)(F)/C=C/C(F)(F)C(F)(F)C(F)(F)C(F)(F)C(F)(F)C(F)(F)CCOc1nc(NC23CC4CC(CC(C4)C2)C3)nc(OCCC(F)(F)C(F)(F)C(F)(F)C(F)(F)C(F)(F)C(F)(F)/C=C/C(F)(F)C(F)(F)C(F)(F)C(F)(F)C(F)(F)C(F)(F)F)n1. The summed E-state index contributed by atoms with van der Waals surface area (Å²) in [5.74, 6) is -190. The van der Waals surface area contributed by atoms with Crippen molar-refractivity contribution in [3.63, 3.8) is 0 Å². The molecule has 0 aromatic carbocycles. The molecule has 0 atom stereocenters. The molecule has 4 fully saturated rings. The minimum absolute atomic E-state index is 0.0166. The highest BCUT2D eigenvalue weighted by atomic mass is 19.5. The molecule has 590 valence electrons. The van der Waals surface area contributed by atoms with E-state index < -0.39 is 217 Å². The van der Waals surface area contributed by atoms with E-state index >= 15 is 0 Å². The minimum Gasteiger partial charge on any atom is -0.463 e. The van der Waals surface area contributed by atoms with Gasteiger partial charge in [0, 0.05) is 5.54 Å². The Morgan fingerprint density at radius 1 is 0.277 bits per heavy atom. The van der Waals surface area contributed by atoms with Crippen molar-refractivity contribution in [2.45, 2.75) is 200 Å². The zero-order chi connectivity index (χ0) is 80.1. The molecule has 0 radical (unpaired) electrons. The predicted molar refractivity (Wildman–Crippen MR) is 224 cm³/mol. The van der Waals surface area contributed by atoms with Gasteiger partial charge in [0.15, 0.2) is 0 Å². The summed E-state index contributed by atoms with van der Waals surface area (Å²) in [6.07, 6.45) is -34.7. The van der Waals surface area contributed by atoms with Crippen LogP contribution in [0.3, 0.4) is 0 Å². The number of hydrogen-bond acceptors (Lipinski definition) is 6. The van der Waals surface area contributed by atoms with Crippen molar-refractivity contribution < 1.29 is 229 Å². The Kier molecular flexibility index (Phi) is 21.5. The number of allylic oxidation sites excluding steroid dienone is 4. The number of rotatable bonds is 32. The number of halogens is 50. The fourth-order valence-corrected chi connectivity index (χ4v) is 9.95. The summed E-state index contributed by atoms with van der Waals surface area (Å²) >= 11 is 0. The smallest absolute Gasteiger partial charge is 0.460 e. The van der Waals surface area contributed by atoms with E-state index in [1.54, 1.807) is 0 Å². The van der Waals surface area contributed by atoms with Crippen molar-refractivity contribution in [3.8, 4) is 12.0 Å². The zero-order valence-electron chi connectivity index (χ0n) is 46.7. The average molecular weight is 1610 g/mol. The number of ether oxygens (including phenoxy) is 2. The van der Waals surface area contributed by atoms with Gasteiger partial charge in [-0.3, -0.25) is 0 Å². The lowest BCUT2D eigenvalue weighted by molar-refractivity contribution is -0.436. The minimum atomic E-state index is -9.06. The number of anilines is 1. The first-order valence-corrected chi connectivity index (χ1v) is 25.5. The monoisotopic (exact) mass is 1610 g/mol. The van der Waals surface area contributed by atoms with E-state index in [2.05, 4.69) is 29.7 Å². The number of nitrogens with zero attached hydrogens (tertiary/aromatic N) is 3. The van der Waals surface area contributed by atoms with E-state index in [4.69, 9.17) is 0 Å². The second-order valence-corrected chi connectivity index (χ2v) is 22.5. The lowest BCUT2D eigenvalue weighted by Gasteiger charge is -2.56. The Morgan fingerprint density at radius 3 is 0.683 bits per heavy atom. The number of hydrogen-bond donors (Lipinski definition) is 1. The van der Waals surface area contributed by atoms with Crippen molar-refractivity contribution >= 4 is 5.95 Å². The summed E-state index contributed by atoms with van der Waals surface area (Å²) in [4.78, 5) is 9.24. The molecule has 4 saturated carbocycles. The molecule has 101 heavy (non-hydrogen) atoms. The topological polar surface area (TPSA) is 69.2 Å². The van der Waals surface area contributed by atoms with Crippen LogP contribution in [0.25, 0.3) is 0 Å². The van der Waals surface area contributed by atoms with Gasteiger partial charge in [-0.2, -0.15) is 229 Å². The highest BCUT2D eigenvalue weighted by molar-refractivity contribution is 5.34. The van der Waals surface area contributed by atoms with Gasteiger partial charge in [-0.25, -0.2) is 0 Å². The molecule has 0 unspecified atom stereocenters. The van der Waals surface area contributed by atoms with Crippen LogP contribution < -0.4 is 14.8 Å². The molecular formula is C45H28F50N4O2. The maximum absolute atomic E-state index is 14.9. The Morgan fingerprint density at radius 2 is 0.475 bits per heavy atom. The average Bonchev–Trinajstić information content (AvgIpc) is 0.723. The van der Waals surface area contributed by atoms with Crippen LogP contribution in [0.2, 0.25) is 0 Å². The van der Waals surface area contributed by atoms with Crippen molar-refractivity contribution in [1.29, 1.82) is 0 Å². The molecule has 4 bridgehead atoms. The van der Waals surface area contributed by atoms with Gasteiger partial charge in [0.05, 0.1) is 26.1 Å². The molecule has 4 aliphatic rings. The molecule has 1 N–H and O–H groups in total. The summed E-state index contributed by atoms with van der Waals surface area (Å²) in [6, 6.07) is -4.02. The van der Waals surface area contributed by atoms with Gasteiger partial charge in [-0.15, -0.1) is 4.98 Å². The van der Waals surface area contributed by atoms with Gasteiger partial charge in [0.1, 0.15) is 0 Å². The first-order valence-electron chi connectivity index (χ1n) is 25.5. The molecule has 5 rings (SSSR count). The Labute approximate surface area is 522 Å². The first-order chi connectivity index (χ1) is 43.9. The fourth-order valence-electron chi connectivity index (χ4n) is 9.95. The normalized spacial score (nSPS) is 21.5. The van der Waals surface area contributed by atoms with Gasteiger partial charge >= 0.3 is 155 Å². The second-order valence-electron chi connectivity index (χ2n) is 22.5. The molecule has 4 aliphatic carbocycles. The van der Waals surface area contributed by atoms with Crippen molar-refractivity contribution in [2.75, 3.05) is 18.5 Å². The molecule has 0 spiro atoms. The van der Waals surface area contributed by atoms with Crippen LogP contribution in [-0.4, -0.2) is 176 Å². The van der Waals surface area contributed by atoms with Crippen molar-refractivity contribution in [1.82, 2.24) is 15.0 Å². The zero-order valence-corrected chi connectivity index (χ0v) is 46.7. The molecule has 1 aromatic rings. The van der Waals surface area contributed by atoms with E-state index in [0.717, 1.165) is 0 Å². The van der Waals surface area contributed by atoms with Crippen molar-refractivity contribution in [3.05, 3.63) is 24.3 Å². The van der Waals surface area contributed by atoms with Gasteiger partial charge in [0.25, 0.3) is 0 Å². The maximum atomic E-state index is 14.9. The number of aromatic nitrogens is 3. The van der Waals surface area contributed by atoms with E-state index in [1.807, 2.05) is 0 Å². The van der Waals surface area contributed by atoms with Gasteiger partial charge < -0.3 is 14.8 Å². The summed E-state index contributed by atoms with van der Waals surface area (Å²) in [5.41, 5.74) is -1.34. The third kappa shape index (κ3) is 13.3. The van der Waals surface area contributed by atoms with Crippen LogP contribution in [-0.2, 0) is 0 Å². The van der Waals surface area contributed by atoms with Crippen LogP contribution >= 0.6 is 0 Å². The molecule has 1 aromatic heterocycles. The quantitative estimate of drug-likeness (QED) is 0.0573. The Balaban J connectivity index is 1.65. The molecule has 6 nitrogen and oxygen atoms in total. The molecule has 56 heteroatoms.